The van der Waals surface area contributed by atoms with Crippen LogP contribution in [0.5, 0.6) is 5.75 Å². The van der Waals surface area contributed by atoms with Gasteiger partial charge in [-0.05, 0) is 31.0 Å². The molecule has 0 saturated heterocycles. The van der Waals surface area contributed by atoms with Crippen LogP contribution >= 0.6 is 11.3 Å². The lowest BCUT2D eigenvalue weighted by atomic mass is 10.00. The van der Waals surface area contributed by atoms with Crippen molar-refractivity contribution in [3.8, 4) is 5.75 Å². The quantitative estimate of drug-likeness (QED) is 0.901. The smallest absolute Gasteiger partial charge is 0.129 e. The number of thiophene rings is 1. The van der Waals surface area contributed by atoms with Crippen LogP contribution in [0.25, 0.3) is 0 Å². The van der Waals surface area contributed by atoms with Crippen molar-refractivity contribution in [2.75, 3.05) is 7.11 Å². The second-order valence-corrected chi connectivity index (χ2v) is 5.09. The number of methoxy groups -OCH3 is 1. The summed E-state index contributed by atoms with van der Waals surface area (Å²) in [7, 11) is 1.64. The fourth-order valence-electron chi connectivity index (χ4n) is 1.79. The topological polar surface area (TPSA) is 29.5 Å². The zero-order chi connectivity index (χ0) is 12.4. The first-order valence-corrected chi connectivity index (χ1v) is 6.37. The van der Waals surface area contributed by atoms with Crippen molar-refractivity contribution < 1.29 is 9.84 Å². The van der Waals surface area contributed by atoms with Crippen molar-refractivity contribution in [3.63, 3.8) is 0 Å². The third-order valence-corrected chi connectivity index (χ3v) is 3.79. The second-order valence-electron chi connectivity index (χ2n) is 4.15. The summed E-state index contributed by atoms with van der Waals surface area (Å²) in [6.07, 6.45) is -0.566. The predicted molar refractivity (Wildman–Crippen MR) is 70.8 cm³/mol. The highest BCUT2D eigenvalue weighted by atomic mass is 32.1. The van der Waals surface area contributed by atoms with Crippen LogP contribution in [0.2, 0.25) is 0 Å². The normalized spacial score (nSPS) is 12.5. The Morgan fingerprint density at radius 2 is 2.00 bits per heavy atom. The minimum atomic E-state index is -0.566. The summed E-state index contributed by atoms with van der Waals surface area (Å²) in [6.45, 7) is 4.05. The van der Waals surface area contributed by atoms with E-state index in [9.17, 15) is 5.11 Å². The van der Waals surface area contributed by atoms with Crippen LogP contribution in [0.3, 0.4) is 0 Å². The highest BCUT2D eigenvalue weighted by Gasteiger charge is 2.15. The maximum atomic E-state index is 10.4. The van der Waals surface area contributed by atoms with Gasteiger partial charge in [-0.2, -0.15) is 0 Å². The summed E-state index contributed by atoms with van der Waals surface area (Å²) in [4.78, 5) is 0.913. The summed E-state index contributed by atoms with van der Waals surface area (Å²) < 4.78 is 5.13. The first-order chi connectivity index (χ1) is 8.11. The standard InChI is InChI=1S/C14H16O2S/c1-9-4-5-10(2)12(6-9)14(15)13-7-11(16-3)8-17-13/h4-8,14-15H,1-3H3. The molecule has 1 heterocycles. The van der Waals surface area contributed by atoms with Crippen LogP contribution in [0.4, 0.5) is 0 Å². The number of rotatable bonds is 3. The van der Waals surface area contributed by atoms with Gasteiger partial charge >= 0.3 is 0 Å². The van der Waals surface area contributed by atoms with E-state index in [0.29, 0.717) is 0 Å². The molecule has 2 aromatic rings. The number of ether oxygens (including phenoxy) is 1. The van der Waals surface area contributed by atoms with Crippen molar-refractivity contribution >= 4 is 11.3 Å². The Labute approximate surface area is 105 Å². The minimum absolute atomic E-state index is 0.566. The Morgan fingerprint density at radius 3 is 2.65 bits per heavy atom. The van der Waals surface area contributed by atoms with Gasteiger partial charge in [0.25, 0.3) is 0 Å². The SMILES string of the molecule is COc1csc(C(O)c2cc(C)ccc2C)c1. The number of benzene rings is 1. The molecule has 2 rings (SSSR count). The minimum Gasteiger partial charge on any atom is -0.496 e. The van der Waals surface area contributed by atoms with E-state index in [0.717, 1.165) is 27.3 Å². The monoisotopic (exact) mass is 248 g/mol. The van der Waals surface area contributed by atoms with E-state index in [1.807, 2.05) is 37.4 Å². The van der Waals surface area contributed by atoms with Gasteiger partial charge in [-0.1, -0.05) is 23.8 Å². The molecule has 1 atom stereocenters. The molecule has 3 heteroatoms. The molecular formula is C14H16O2S. The van der Waals surface area contributed by atoms with Crippen LogP contribution in [0.1, 0.15) is 27.7 Å². The van der Waals surface area contributed by atoms with Gasteiger partial charge in [0.2, 0.25) is 0 Å². The molecule has 0 aliphatic carbocycles. The van der Waals surface area contributed by atoms with Gasteiger partial charge in [0.15, 0.2) is 0 Å². The molecule has 0 radical (unpaired) electrons. The van der Waals surface area contributed by atoms with E-state index in [1.54, 1.807) is 7.11 Å². The fraction of sp³-hybridized carbons (Fsp3) is 0.286. The van der Waals surface area contributed by atoms with E-state index in [1.165, 1.54) is 11.3 Å². The van der Waals surface area contributed by atoms with E-state index >= 15 is 0 Å². The highest BCUT2D eigenvalue weighted by molar-refractivity contribution is 7.10. The van der Waals surface area contributed by atoms with Crippen molar-refractivity contribution in [2.45, 2.75) is 20.0 Å². The maximum absolute atomic E-state index is 10.4. The number of aryl methyl sites for hydroxylation is 2. The van der Waals surface area contributed by atoms with Gasteiger partial charge in [0.05, 0.1) is 7.11 Å². The molecular weight excluding hydrogens is 232 g/mol. The van der Waals surface area contributed by atoms with Gasteiger partial charge in [-0.15, -0.1) is 11.3 Å². The van der Waals surface area contributed by atoms with Crippen molar-refractivity contribution in [1.29, 1.82) is 0 Å². The van der Waals surface area contributed by atoms with Gasteiger partial charge < -0.3 is 9.84 Å². The molecule has 0 aliphatic heterocycles. The molecule has 90 valence electrons. The highest BCUT2D eigenvalue weighted by Crippen LogP contribution is 2.32. The summed E-state index contributed by atoms with van der Waals surface area (Å²) in [5.74, 6) is 0.800. The Kier molecular flexibility index (Phi) is 3.50. The molecule has 1 aromatic heterocycles. The van der Waals surface area contributed by atoms with E-state index in [-0.39, 0.29) is 0 Å². The number of aliphatic hydroxyl groups excluding tert-OH is 1. The third-order valence-electron chi connectivity index (χ3n) is 2.83. The summed E-state index contributed by atoms with van der Waals surface area (Å²) in [5, 5.41) is 12.3. The molecule has 0 aliphatic rings. The van der Waals surface area contributed by atoms with Crippen molar-refractivity contribution in [1.82, 2.24) is 0 Å². The molecule has 0 fully saturated rings. The summed E-state index contributed by atoms with van der Waals surface area (Å²) in [6, 6.07) is 8.02. The Hall–Kier alpha value is -1.32. The zero-order valence-electron chi connectivity index (χ0n) is 10.2. The Bertz CT molecular complexity index is 517. The molecule has 17 heavy (non-hydrogen) atoms. The van der Waals surface area contributed by atoms with E-state index in [2.05, 4.69) is 6.07 Å². The molecule has 2 nitrogen and oxygen atoms in total. The summed E-state index contributed by atoms with van der Waals surface area (Å²) in [5.41, 5.74) is 3.23. The molecule has 1 aromatic carbocycles. The zero-order valence-corrected chi connectivity index (χ0v) is 11.0. The van der Waals surface area contributed by atoms with Gasteiger partial charge in [-0.3, -0.25) is 0 Å². The Morgan fingerprint density at radius 1 is 1.24 bits per heavy atom. The lowest BCUT2D eigenvalue weighted by Crippen LogP contribution is -2.00. The lowest BCUT2D eigenvalue weighted by molar-refractivity contribution is 0.223. The fourth-order valence-corrected chi connectivity index (χ4v) is 2.65. The molecule has 0 spiro atoms. The first-order valence-electron chi connectivity index (χ1n) is 5.49. The number of hydrogen-bond donors (Lipinski definition) is 1. The molecule has 1 N–H and O–H groups in total. The molecule has 0 amide bonds. The number of aliphatic hydroxyl groups is 1. The average Bonchev–Trinajstić information content (AvgIpc) is 2.80. The van der Waals surface area contributed by atoms with Crippen LogP contribution in [-0.2, 0) is 0 Å². The maximum Gasteiger partial charge on any atom is 0.129 e. The van der Waals surface area contributed by atoms with Crippen LogP contribution in [0, 0.1) is 13.8 Å². The average molecular weight is 248 g/mol. The van der Waals surface area contributed by atoms with Crippen LogP contribution < -0.4 is 4.74 Å². The molecule has 1 unspecified atom stereocenters. The largest absolute Gasteiger partial charge is 0.496 e. The number of hydrogen-bond acceptors (Lipinski definition) is 3. The van der Waals surface area contributed by atoms with E-state index < -0.39 is 6.10 Å². The molecule has 0 saturated carbocycles. The van der Waals surface area contributed by atoms with E-state index in [4.69, 9.17) is 4.74 Å². The van der Waals surface area contributed by atoms with Crippen molar-refractivity contribution in [3.05, 3.63) is 51.2 Å². The Balaban J connectivity index is 2.35. The van der Waals surface area contributed by atoms with Gasteiger partial charge in [0.1, 0.15) is 11.9 Å². The predicted octanol–water partition coefficient (Wildman–Crippen LogP) is 3.46. The third kappa shape index (κ3) is 2.51. The van der Waals surface area contributed by atoms with Gasteiger partial charge in [0, 0.05) is 10.3 Å². The second kappa shape index (κ2) is 4.90. The van der Waals surface area contributed by atoms with Crippen LogP contribution in [0.15, 0.2) is 29.6 Å². The summed E-state index contributed by atoms with van der Waals surface area (Å²) >= 11 is 1.52. The van der Waals surface area contributed by atoms with Gasteiger partial charge in [-0.25, -0.2) is 0 Å². The molecule has 0 bridgehead atoms. The first kappa shape index (κ1) is 12.1. The van der Waals surface area contributed by atoms with Crippen LogP contribution in [-0.4, -0.2) is 12.2 Å². The van der Waals surface area contributed by atoms with Crippen molar-refractivity contribution in [2.24, 2.45) is 0 Å². The lowest BCUT2D eigenvalue weighted by Gasteiger charge is -2.12.